The van der Waals surface area contributed by atoms with Crippen molar-refractivity contribution in [2.45, 2.75) is 18.9 Å². The number of pyridine rings is 1. The maximum atomic E-state index is 9.73. The van der Waals surface area contributed by atoms with E-state index in [0.717, 1.165) is 10.9 Å². The Morgan fingerprint density at radius 2 is 2.12 bits per heavy atom. The molecule has 1 aliphatic rings. The number of fused-ring (bicyclic) bond motifs is 1. The molecule has 16 heavy (non-hydrogen) atoms. The van der Waals surface area contributed by atoms with Crippen LogP contribution in [0.1, 0.15) is 24.4 Å². The van der Waals surface area contributed by atoms with Crippen LogP contribution < -0.4 is 5.73 Å². The molecule has 0 saturated heterocycles. The van der Waals surface area contributed by atoms with Crippen molar-refractivity contribution in [3.8, 4) is 5.75 Å². The van der Waals surface area contributed by atoms with Crippen LogP contribution in [0, 0.1) is 5.92 Å². The Hall–Kier alpha value is -1.61. The molecule has 1 saturated carbocycles. The van der Waals surface area contributed by atoms with Gasteiger partial charge in [-0.2, -0.15) is 0 Å². The van der Waals surface area contributed by atoms with Gasteiger partial charge in [-0.25, -0.2) is 0 Å². The number of aromatic nitrogens is 1. The molecule has 2 aromatic rings. The molecule has 3 nitrogen and oxygen atoms in total. The summed E-state index contributed by atoms with van der Waals surface area (Å²) in [5, 5.41) is 10.7. The first kappa shape index (κ1) is 9.60. The van der Waals surface area contributed by atoms with Gasteiger partial charge in [0.2, 0.25) is 0 Å². The van der Waals surface area contributed by atoms with Crippen molar-refractivity contribution in [2.24, 2.45) is 11.7 Å². The molecule has 1 aromatic carbocycles. The largest absolute Gasteiger partial charge is 0.506 e. The molecule has 0 aliphatic heterocycles. The number of nitrogens with two attached hydrogens (primary N) is 1. The first-order valence-corrected chi connectivity index (χ1v) is 5.59. The first-order chi connectivity index (χ1) is 7.77. The molecule has 0 amide bonds. The van der Waals surface area contributed by atoms with Crippen LogP contribution in [-0.2, 0) is 0 Å². The highest BCUT2D eigenvalue weighted by atomic mass is 16.3. The van der Waals surface area contributed by atoms with E-state index in [1.165, 1.54) is 12.8 Å². The minimum atomic E-state index is 0.0762. The molecule has 1 fully saturated rings. The smallest absolute Gasteiger partial charge is 0.141 e. The summed E-state index contributed by atoms with van der Waals surface area (Å²) in [5.74, 6) is 0.829. The Morgan fingerprint density at radius 3 is 2.88 bits per heavy atom. The van der Waals surface area contributed by atoms with Gasteiger partial charge in [0.1, 0.15) is 11.3 Å². The second kappa shape index (κ2) is 3.46. The molecule has 0 spiro atoms. The molecule has 1 heterocycles. The zero-order chi connectivity index (χ0) is 11.1. The summed E-state index contributed by atoms with van der Waals surface area (Å²) in [4.78, 5) is 4.20. The van der Waals surface area contributed by atoms with Gasteiger partial charge in [0, 0.05) is 17.6 Å². The maximum absolute atomic E-state index is 9.73. The Kier molecular flexibility index (Phi) is 2.07. The summed E-state index contributed by atoms with van der Waals surface area (Å²) >= 11 is 0. The Bertz CT molecular complexity index is 534. The number of nitrogens with zero attached hydrogens (tertiary/aromatic N) is 1. The van der Waals surface area contributed by atoms with Gasteiger partial charge in [-0.05, 0) is 36.5 Å². The highest BCUT2D eigenvalue weighted by Gasteiger charge is 2.30. The van der Waals surface area contributed by atoms with Crippen molar-refractivity contribution in [3.63, 3.8) is 0 Å². The lowest BCUT2D eigenvalue weighted by Gasteiger charge is -2.13. The van der Waals surface area contributed by atoms with Crippen LogP contribution in [0.4, 0.5) is 0 Å². The molecule has 3 N–H and O–H groups in total. The molecule has 82 valence electrons. The summed E-state index contributed by atoms with van der Waals surface area (Å²) in [7, 11) is 0. The number of rotatable bonds is 2. The quantitative estimate of drug-likeness (QED) is 0.806. The Morgan fingerprint density at radius 1 is 1.31 bits per heavy atom. The first-order valence-electron chi connectivity index (χ1n) is 5.59. The van der Waals surface area contributed by atoms with Gasteiger partial charge in [0.05, 0.1) is 0 Å². The van der Waals surface area contributed by atoms with Gasteiger partial charge in [0.15, 0.2) is 0 Å². The highest BCUT2D eigenvalue weighted by molar-refractivity contribution is 5.87. The SMILES string of the molecule is NC(c1ccc(O)c2ncccc12)C1CC1. The number of phenolic OH excluding ortho intramolecular Hbond substituents is 1. The van der Waals surface area contributed by atoms with Gasteiger partial charge in [0.25, 0.3) is 0 Å². The lowest BCUT2D eigenvalue weighted by molar-refractivity contribution is 0.480. The van der Waals surface area contributed by atoms with E-state index in [9.17, 15) is 5.11 Å². The van der Waals surface area contributed by atoms with Crippen molar-refractivity contribution < 1.29 is 5.11 Å². The predicted octanol–water partition coefficient (Wildman–Crippen LogP) is 2.35. The second-order valence-electron chi connectivity index (χ2n) is 4.44. The van der Waals surface area contributed by atoms with E-state index in [-0.39, 0.29) is 11.8 Å². The van der Waals surface area contributed by atoms with E-state index in [1.54, 1.807) is 12.3 Å². The summed E-state index contributed by atoms with van der Waals surface area (Å²) < 4.78 is 0. The molecular formula is C13H14N2O. The standard InChI is InChI=1S/C13H14N2O/c14-12(8-3-4-8)9-5-6-11(16)13-10(9)2-1-7-15-13/h1-2,5-8,12,16H,3-4,14H2. The van der Waals surface area contributed by atoms with Crippen LogP contribution >= 0.6 is 0 Å². The van der Waals surface area contributed by atoms with Crippen LogP contribution in [-0.4, -0.2) is 10.1 Å². The average molecular weight is 214 g/mol. The van der Waals surface area contributed by atoms with Crippen LogP contribution in [0.2, 0.25) is 0 Å². The monoisotopic (exact) mass is 214 g/mol. The summed E-state index contributed by atoms with van der Waals surface area (Å²) in [5.41, 5.74) is 7.96. The maximum Gasteiger partial charge on any atom is 0.141 e. The normalized spacial score (nSPS) is 17.6. The zero-order valence-corrected chi connectivity index (χ0v) is 8.93. The van der Waals surface area contributed by atoms with E-state index in [2.05, 4.69) is 4.98 Å². The fraction of sp³-hybridized carbons (Fsp3) is 0.308. The van der Waals surface area contributed by atoms with Crippen molar-refractivity contribution >= 4 is 10.9 Å². The van der Waals surface area contributed by atoms with Crippen LogP contribution in [0.3, 0.4) is 0 Å². The third-order valence-corrected chi connectivity index (χ3v) is 3.27. The molecule has 1 aromatic heterocycles. The van der Waals surface area contributed by atoms with Gasteiger partial charge in [-0.15, -0.1) is 0 Å². The molecule has 1 atom stereocenters. The van der Waals surface area contributed by atoms with E-state index >= 15 is 0 Å². The average Bonchev–Trinajstić information content (AvgIpc) is 3.13. The van der Waals surface area contributed by atoms with Gasteiger partial charge < -0.3 is 10.8 Å². The van der Waals surface area contributed by atoms with E-state index in [4.69, 9.17) is 5.73 Å². The number of hydrogen-bond donors (Lipinski definition) is 2. The van der Waals surface area contributed by atoms with E-state index in [1.807, 2.05) is 18.2 Å². The predicted molar refractivity (Wildman–Crippen MR) is 63.1 cm³/mol. The molecule has 3 heteroatoms. The fourth-order valence-corrected chi connectivity index (χ4v) is 2.18. The molecule has 0 bridgehead atoms. The third-order valence-electron chi connectivity index (χ3n) is 3.27. The Balaban J connectivity index is 2.20. The summed E-state index contributed by atoms with van der Waals surface area (Å²) in [6, 6.07) is 7.53. The minimum Gasteiger partial charge on any atom is -0.506 e. The lowest BCUT2D eigenvalue weighted by atomic mass is 9.98. The van der Waals surface area contributed by atoms with Crippen molar-refractivity contribution in [3.05, 3.63) is 36.0 Å². The van der Waals surface area contributed by atoms with Crippen molar-refractivity contribution in [1.29, 1.82) is 0 Å². The van der Waals surface area contributed by atoms with E-state index < -0.39 is 0 Å². The van der Waals surface area contributed by atoms with Gasteiger partial charge in [-0.1, -0.05) is 12.1 Å². The molecular weight excluding hydrogens is 200 g/mol. The number of phenols is 1. The van der Waals surface area contributed by atoms with E-state index in [0.29, 0.717) is 11.4 Å². The fourth-order valence-electron chi connectivity index (χ4n) is 2.18. The van der Waals surface area contributed by atoms with Gasteiger partial charge >= 0.3 is 0 Å². The third kappa shape index (κ3) is 1.44. The van der Waals surface area contributed by atoms with Crippen LogP contribution in [0.5, 0.6) is 5.75 Å². The second-order valence-corrected chi connectivity index (χ2v) is 4.44. The summed E-state index contributed by atoms with van der Waals surface area (Å²) in [6.07, 6.45) is 4.11. The van der Waals surface area contributed by atoms with Crippen LogP contribution in [0.25, 0.3) is 10.9 Å². The lowest BCUT2D eigenvalue weighted by Crippen LogP contribution is -2.12. The zero-order valence-electron chi connectivity index (χ0n) is 8.93. The molecule has 1 aliphatic carbocycles. The molecule has 3 rings (SSSR count). The van der Waals surface area contributed by atoms with Crippen LogP contribution in [0.15, 0.2) is 30.5 Å². The molecule has 0 radical (unpaired) electrons. The highest BCUT2D eigenvalue weighted by Crippen LogP contribution is 2.42. The number of aromatic hydroxyl groups is 1. The molecule has 1 unspecified atom stereocenters. The summed E-state index contributed by atoms with van der Waals surface area (Å²) in [6.45, 7) is 0. The van der Waals surface area contributed by atoms with Crippen molar-refractivity contribution in [1.82, 2.24) is 4.98 Å². The Labute approximate surface area is 93.9 Å². The van der Waals surface area contributed by atoms with Gasteiger partial charge in [-0.3, -0.25) is 4.98 Å². The minimum absolute atomic E-state index is 0.0762. The number of hydrogen-bond acceptors (Lipinski definition) is 3. The topological polar surface area (TPSA) is 59.1 Å². The number of benzene rings is 1. The van der Waals surface area contributed by atoms with Crippen molar-refractivity contribution in [2.75, 3.05) is 0 Å².